The second-order valence-electron chi connectivity index (χ2n) is 7.47. The highest BCUT2D eigenvalue weighted by molar-refractivity contribution is 7.84. The van der Waals surface area contributed by atoms with Crippen molar-refractivity contribution in [2.24, 2.45) is 0 Å². The lowest BCUT2D eigenvalue weighted by atomic mass is 10.1. The van der Waals surface area contributed by atoms with Crippen molar-refractivity contribution in [1.29, 1.82) is 0 Å². The first kappa shape index (κ1) is 23.7. The molecule has 3 rings (SSSR count). The topological polar surface area (TPSA) is 94.6 Å². The molecule has 1 aliphatic heterocycles. The second-order valence-corrected chi connectivity index (χ2v) is 8.87. The summed E-state index contributed by atoms with van der Waals surface area (Å²) in [7, 11) is -1.98. The summed E-state index contributed by atoms with van der Waals surface area (Å²) in [4.78, 5) is 25.8. The van der Waals surface area contributed by atoms with Gasteiger partial charge in [-0.3, -0.25) is 14.5 Å². The summed E-state index contributed by atoms with van der Waals surface area (Å²) in [6.07, 6.45) is 0. The van der Waals surface area contributed by atoms with Gasteiger partial charge in [0.2, 0.25) is 0 Å². The Morgan fingerprint density at radius 2 is 1.33 bits per heavy atom. The highest BCUT2D eigenvalue weighted by Crippen LogP contribution is 2.22. The van der Waals surface area contributed by atoms with Gasteiger partial charge in [-0.25, -0.2) is 8.42 Å². The van der Waals surface area contributed by atoms with Crippen molar-refractivity contribution in [3.63, 3.8) is 0 Å². The van der Waals surface area contributed by atoms with Crippen LogP contribution in [0.4, 0.5) is 0 Å². The third kappa shape index (κ3) is 6.22. The van der Waals surface area contributed by atoms with Gasteiger partial charge in [0.05, 0.1) is 60.2 Å². The van der Waals surface area contributed by atoms with E-state index in [0.717, 1.165) is 24.1 Å². The third-order valence-electron chi connectivity index (χ3n) is 5.45. The smallest absolute Gasteiger partial charge is 0.261 e. The van der Waals surface area contributed by atoms with E-state index >= 15 is 0 Å². The number of likely N-dealkylation sites (N-methyl/N-ethyl adjacent to an activating group) is 1. The average molecular weight is 433 g/mol. The van der Waals surface area contributed by atoms with Crippen LogP contribution in [0.2, 0.25) is 0 Å². The molecule has 0 radical (unpaired) electrons. The van der Waals surface area contributed by atoms with Crippen molar-refractivity contribution in [3.05, 3.63) is 71.3 Å². The van der Waals surface area contributed by atoms with Crippen molar-refractivity contribution in [1.82, 2.24) is 4.90 Å². The Balaban J connectivity index is 0.000000248. The molecule has 0 aliphatic carbocycles. The molecule has 0 N–H and O–H groups in total. The van der Waals surface area contributed by atoms with E-state index in [1.165, 1.54) is 4.90 Å². The molecule has 0 aromatic heterocycles. The van der Waals surface area contributed by atoms with Crippen LogP contribution in [0.3, 0.4) is 0 Å². The van der Waals surface area contributed by atoms with Gasteiger partial charge in [0, 0.05) is 0 Å². The van der Waals surface area contributed by atoms with Crippen LogP contribution in [-0.2, 0) is 15.9 Å². The average Bonchev–Trinajstić information content (AvgIpc) is 2.97. The summed E-state index contributed by atoms with van der Waals surface area (Å²) in [6, 6.07) is 15.4. The largest absolute Gasteiger partial charge is 0.748 e. The van der Waals surface area contributed by atoms with Crippen LogP contribution >= 0.6 is 0 Å². The van der Waals surface area contributed by atoms with Crippen molar-refractivity contribution < 1.29 is 27.0 Å². The molecule has 2 aromatic carbocycles. The molecule has 0 saturated heterocycles. The van der Waals surface area contributed by atoms with Gasteiger partial charge in [0.15, 0.2) is 0 Å². The Bertz CT molecular complexity index is 951. The molecule has 2 aromatic rings. The van der Waals surface area contributed by atoms with Crippen LogP contribution in [0.25, 0.3) is 0 Å². The zero-order valence-electron chi connectivity index (χ0n) is 17.6. The molecule has 30 heavy (non-hydrogen) atoms. The Morgan fingerprint density at radius 1 is 0.867 bits per heavy atom. The van der Waals surface area contributed by atoms with Gasteiger partial charge in [0.25, 0.3) is 11.8 Å². The number of fused-ring (bicyclic) bond motifs is 1. The van der Waals surface area contributed by atoms with E-state index in [0.29, 0.717) is 23.2 Å². The molecule has 1 aliphatic rings. The minimum absolute atomic E-state index is 0.153. The summed E-state index contributed by atoms with van der Waals surface area (Å²) in [5.41, 5.74) is 1.60. The number of imide groups is 1. The first-order chi connectivity index (χ1) is 14.1. The van der Waals surface area contributed by atoms with Crippen LogP contribution in [0.1, 0.15) is 40.1 Å². The van der Waals surface area contributed by atoms with Crippen molar-refractivity contribution in [2.45, 2.75) is 19.6 Å². The fourth-order valence-corrected chi connectivity index (χ4v) is 3.70. The van der Waals surface area contributed by atoms with Gasteiger partial charge >= 0.3 is 0 Å². The molecule has 0 atom stereocenters. The number of carbonyl (C=O) groups excluding carboxylic acids is 2. The zero-order chi connectivity index (χ0) is 22.4. The van der Waals surface area contributed by atoms with Gasteiger partial charge in [0.1, 0.15) is 0 Å². The summed E-state index contributed by atoms with van der Waals surface area (Å²) < 4.78 is 31.6. The van der Waals surface area contributed by atoms with E-state index in [1.54, 1.807) is 54.6 Å². The molecular formula is C22H28N2O5S. The summed E-state index contributed by atoms with van der Waals surface area (Å²) in [6.45, 7) is 7.56. The summed E-state index contributed by atoms with van der Waals surface area (Å²) in [5.74, 6) is -0.730. The maximum Gasteiger partial charge on any atom is 0.261 e. The third-order valence-corrected chi connectivity index (χ3v) is 6.14. The van der Waals surface area contributed by atoms with Crippen LogP contribution in [0, 0.1) is 0 Å². The lowest BCUT2D eigenvalue weighted by Crippen LogP contribution is -2.49. The molecule has 2 amide bonds. The van der Waals surface area contributed by atoms with E-state index in [9.17, 15) is 22.6 Å². The molecule has 0 spiro atoms. The molecule has 0 saturated carbocycles. The Labute approximate surface area is 178 Å². The fraction of sp³-hybridized carbons (Fsp3) is 0.364. The van der Waals surface area contributed by atoms with Crippen LogP contribution < -0.4 is 0 Å². The molecule has 1 heterocycles. The number of hydrogen-bond donors (Lipinski definition) is 0. The van der Waals surface area contributed by atoms with Gasteiger partial charge < -0.3 is 9.04 Å². The van der Waals surface area contributed by atoms with E-state index in [2.05, 4.69) is 20.9 Å². The number of carbonyl (C=O) groups is 2. The number of nitrogens with zero attached hydrogens (tertiary/aromatic N) is 2. The molecule has 0 fully saturated rings. The molecule has 8 heteroatoms. The minimum atomic E-state index is -4.13. The van der Waals surface area contributed by atoms with Crippen molar-refractivity contribution in [3.8, 4) is 0 Å². The lowest BCUT2D eigenvalue weighted by molar-refractivity contribution is -0.905. The van der Waals surface area contributed by atoms with Gasteiger partial charge in [-0.1, -0.05) is 42.5 Å². The van der Waals surface area contributed by atoms with E-state index < -0.39 is 15.9 Å². The number of hydrogen-bond acceptors (Lipinski definition) is 5. The predicted octanol–water partition coefficient (Wildman–Crippen LogP) is 2.50. The maximum absolute atomic E-state index is 12.2. The Kier molecular flexibility index (Phi) is 7.89. The molecule has 162 valence electrons. The van der Waals surface area contributed by atoms with Crippen LogP contribution in [0.15, 0.2) is 54.6 Å². The zero-order valence-corrected chi connectivity index (χ0v) is 18.4. The minimum Gasteiger partial charge on any atom is -0.748 e. The molecule has 0 bridgehead atoms. The van der Waals surface area contributed by atoms with E-state index in [-0.39, 0.29) is 11.8 Å². The number of amides is 2. The summed E-state index contributed by atoms with van der Waals surface area (Å²) in [5, 5.41) is 0. The molecule has 7 nitrogen and oxygen atoms in total. The predicted molar refractivity (Wildman–Crippen MR) is 114 cm³/mol. The standard InChI is InChI=1S/C15H21N2O2.C7H8O3S/c1-4-17(3,5-2)11-10-16-14(18)12-8-6-7-9-13(12)15(16)19;8-11(9,10)6-7-4-2-1-3-5-7/h6-9H,4-5,10-11H2,1-3H3;1-5H,6H2,(H,8,9,10)/q+1;/p-1. The van der Waals surface area contributed by atoms with E-state index in [1.807, 2.05) is 0 Å². The Morgan fingerprint density at radius 3 is 1.77 bits per heavy atom. The normalized spacial score (nSPS) is 13.7. The summed E-state index contributed by atoms with van der Waals surface area (Å²) >= 11 is 0. The highest BCUT2D eigenvalue weighted by atomic mass is 32.2. The number of quaternary nitrogens is 1. The van der Waals surface area contributed by atoms with Crippen molar-refractivity contribution >= 4 is 21.9 Å². The van der Waals surface area contributed by atoms with Gasteiger partial charge in [-0.15, -0.1) is 0 Å². The van der Waals surface area contributed by atoms with Crippen molar-refractivity contribution in [2.75, 3.05) is 33.2 Å². The highest BCUT2D eigenvalue weighted by Gasteiger charge is 2.36. The monoisotopic (exact) mass is 432 g/mol. The molecule has 0 unspecified atom stereocenters. The quantitative estimate of drug-likeness (QED) is 0.381. The Hall–Kier alpha value is -2.55. The first-order valence-electron chi connectivity index (χ1n) is 9.86. The number of rotatable bonds is 7. The number of benzene rings is 2. The van der Waals surface area contributed by atoms with Crippen LogP contribution in [-0.4, -0.2) is 67.4 Å². The lowest BCUT2D eigenvalue weighted by Gasteiger charge is -2.33. The van der Waals surface area contributed by atoms with Crippen LogP contribution in [0.5, 0.6) is 0 Å². The molecular weight excluding hydrogens is 404 g/mol. The van der Waals surface area contributed by atoms with Gasteiger partial charge in [-0.2, -0.15) is 0 Å². The second kappa shape index (κ2) is 9.97. The fourth-order valence-electron chi connectivity index (χ4n) is 3.10. The maximum atomic E-state index is 12.2. The SMILES string of the molecule is CC[N+](C)(CC)CCN1C(=O)c2ccccc2C1=O.O=S(=O)([O-])Cc1ccccc1. The van der Waals surface area contributed by atoms with Gasteiger partial charge in [-0.05, 0) is 31.5 Å². The first-order valence-corrected chi connectivity index (χ1v) is 11.4. The van der Waals surface area contributed by atoms with E-state index in [4.69, 9.17) is 0 Å².